The van der Waals surface area contributed by atoms with Crippen LogP contribution in [0.1, 0.15) is 5.69 Å². The number of hydrogen-bond donors (Lipinski definition) is 2. The molecule has 4 heterocycles. The molecule has 5 rings (SSSR count). The number of aromatic amines is 1. The van der Waals surface area contributed by atoms with Crippen molar-refractivity contribution in [3.05, 3.63) is 64.4 Å². The van der Waals surface area contributed by atoms with E-state index in [1.165, 1.54) is 11.3 Å². The topological polar surface area (TPSA) is 115 Å². The van der Waals surface area contributed by atoms with Crippen LogP contribution in [0.2, 0.25) is 0 Å². The second-order valence-corrected chi connectivity index (χ2v) is 7.44. The smallest absolute Gasteiger partial charge is 0.417 e. The Morgan fingerprint density at radius 3 is 3.13 bits per heavy atom. The number of pyridine rings is 1. The average Bonchev–Trinajstić information content (AvgIpc) is 3.42. The molecule has 0 saturated heterocycles. The summed E-state index contributed by atoms with van der Waals surface area (Å²) in [7, 11) is 0. The van der Waals surface area contributed by atoms with Gasteiger partial charge in [0.15, 0.2) is 28.7 Å². The van der Waals surface area contributed by atoms with E-state index < -0.39 is 5.76 Å². The van der Waals surface area contributed by atoms with Gasteiger partial charge in [0.2, 0.25) is 0 Å². The number of hydrogen-bond acceptors (Lipinski definition) is 7. The molecule has 0 bridgehead atoms. The molecular weight excluding hydrogens is 406 g/mol. The van der Waals surface area contributed by atoms with E-state index in [2.05, 4.69) is 20.3 Å². The summed E-state index contributed by atoms with van der Waals surface area (Å²) < 4.78 is 12.6. The average molecular weight is 421 g/mol. The van der Waals surface area contributed by atoms with E-state index in [0.717, 1.165) is 11.3 Å². The molecule has 0 radical (unpaired) electrons. The number of aryl methyl sites for hydroxylation is 1. The van der Waals surface area contributed by atoms with Crippen LogP contribution < -0.4 is 15.8 Å². The summed E-state index contributed by atoms with van der Waals surface area (Å²) in [5, 5.41) is 5.00. The molecule has 10 heteroatoms. The summed E-state index contributed by atoms with van der Waals surface area (Å²) in [6.45, 7) is 1.73. The van der Waals surface area contributed by atoms with Gasteiger partial charge in [0, 0.05) is 23.3 Å². The number of H-pyrrole nitrogens is 1. The molecule has 0 spiro atoms. The van der Waals surface area contributed by atoms with Gasteiger partial charge in [0.25, 0.3) is 5.91 Å². The third-order valence-electron chi connectivity index (χ3n) is 4.39. The van der Waals surface area contributed by atoms with Crippen LogP contribution in [0.5, 0.6) is 5.75 Å². The molecule has 0 unspecified atom stereocenters. The van der Waals surface area contributed by atoms with Gasteiger partial charge >= 0.3 is 5.76 Å². The lowest BCUT2D eigenvalue weighted by Crippen LogP contribution is -2.20. The molecule has 0 atom stereocenters. The molecule has 4 aromatic heterocycles. The molecule has 0 aliphatic rings. The normalized spacial score (nSPS) is 11.2. The molecule has 0 aliphatic carbocycles. The Labute approximate surface area is 173 Å². The van der Waals surface area contributed by atoms with Gasteiger partial charge in [0.1, 0.15) is 0 Å². The first-order chi connectivity index (χ1) is 14.5. The maximum Gasteiger partial charge on any atom is 0.417 e. The predicted octanol–water partition coefficient (Wildman–Crippen LogP) is 3.22. The van der Waals surface area contributed by atoms with Crippen molar-refractivity contribution in [1.29, 1.82) is 0 Å². The van der Waals surface area contributed by atoms with Crippen LogP contribution in [0, 0.1) is 6.92 Å². The SMILES string of the molecule is Cc1cn2cccc(OCC(=O)Nc3nc(-c4ccc5[nH]c(=O)oc5c4)cs3)c2n1. The number of rotatable bonds is 5. The molecule has 30 heavy (non-hydrogen) atoms. The van der Waals surface area contributed by atoms with E-state index in [-0.39, 0.29) is 12.5 Å². The van der Waals surface area contributed by atoms with E-state index in [9.17, 15) is 9.59 Å². The molecule has 9 nitrogen and oxygen atoms in total. The molecule has 2 N–H and O–H groups in total. The Balaban J connectivity index is 1.27. The number of amides is 1. The fraction of sp³-hybridized carbons (Fsp3) is 0.100. The quantitative estimate of drug-likeness (QED) is 0.450. The third-order valence-corrected chi connectivity index (χ3v) is 5.15. The minimum atomic E-state index is -0.505. The van der Waals surface area contributed by atoms with Gasteiger partial charge in [-0.25, -0.2) is 14.8 Å². The van der Waals surface area contributed by atoms with Crippen LogP contribution in [0.15, 0.2) is 57.3 Å². The summed E-state index contributed by atoms with van der Waals surface area (Å²) in [5.41, 5.74) is 4.04. The summed E-state index contributed by atoms with van der Waals surface area (Å²) in [6.07, 6.45) is 3.75. The Kier molecular flexibility index (Phi) is 4.32. The second kappa shape index (κ2) is 7.16. The van der Waals surface area contributed by atoms with Crippen molar-refractivity contribution < 1.29 is 13.9 Å². The number of nitrogens with one attached hydrogen (secondary N) is 2. The Morgan fingerprint density at radius 1 is 1.33 bits per heavy atom. The predicted molar refractivity (Wildman–Crippen MR) is 112 cm³/mol. The van der Waals surface area contributed by atoms with Gasteiger partial charge in [-0.3, -0.25) is 15.1 Å². The first kappa shape index (κ1) is 18.1. The van der Waals surface area contributed by atoms with Crippen molar-refractivity contribution in [3.8, 4) is 17.0 Å². The number of oxazole rings is 1. The van der Waals surface area contributed by atoms with E-state index in [0.29, 0.717) is 33.3 Å². The molecule has 1 aromatic carbocycles. The standard InChI is InChI=1S/C20H15N5O4S/c1-11-8-25-6-2-3-15(18(25)21-11)28-9-17(26)24-19-22-14(10-30-19)12-4-5-13-16(7-12)29-20(27)23-13/h2-8,10H,9H2,1H3,(H,23,27)(H,22,24,26). The van der Waals surface area contributed by atoms with Crippen LogP contribution in [-0.2, 0) is 4.79 Å². The van der Waals surface area contributed by atoms with Crippen LogP contribution >= 0.6 is 11.3 Å². The van der Waals surface area contributed by atoms with Crippen molar-refractivity contribution in [1.82, 2.24) is 19.4 Å². The zero-order valence-electron chi connectivity index (χ0n) is 15.7. The number of nitrogens with zero attached hydrogens (tertiary/aromatic N) is 3. The number of imidazole rings is 1. The number of thiazole rings is 1. The summed E-state index contributed by atoms with van der Waals surface area (Å²) >= 11 is 1.30. The summed E-state index contributed by atoms with van der Waals surface area (Å²) in [4.78, 5) is 35.0. The van der Waals surface area contributed by atoms with Crippen molar-refractivity contribution in [2.24, 2.45) is 0 Å². The number of carbonyl (C=O) groups is 1. The lowest BCUT2D eigenvalue weighted by atomic mass is 10.1. The maximum absolute atomic E-state index is 12.3. The zero-order chi connectivity index (χ0) is 20.7. The Morgan fingerprint density at radius 2 is 2.23 bits per heavy atom. The van der Waals surface area contributed by atoms with Crippen molar-refractivity contribution in [2.75, 3.05) is 11.9 Å². The highest BCUT2D eigenvalue weighted by Gasteiger charge is 2.12. The number of aromatic nitrogens is 4. The van der Waals surface area contributed by atoms with E-state index in [1.54, 1.807) is 18.2 Å². The summed E-state index contributed by atoms with van der Waals surface area (Å²) in [5.74, 6) is -0.301. The van der Waals surface area contributed by atoms with E-state index >= 15 is 0 Å². The Hall–Kier alpha value is -3.92. The first-order valence-corrected chi connectivity index (χ1v) is 9.89. The zero-order valence-corrected chi connectivity index (χ0v) is 16.5. The minimum absolute atomic E-state index is 0.166. The molecule has 5 aromatic rings. The van der Waals surface area contributed by atoms with Crippen molar-refractivity contribution in [2.45, 2.75) is 6.92 Å². The van der Waals surface area contributed by atoms with Crippen molar-refractivity contribution >= 4 is 39.1 Å². The molecule has 150 valence electrons. The highest BCUT2D eigenvalue weighted by atomic mass is 32.1. The van der Waals surface area contributed by atoms with Crippen LogP contribution in [0.4, 0.5) is 5.13 Å². The number of benzene rings is 1. The molecule has 0 fully saturated rings. The van der Waals surface area contributed by atoms with Gasteiger partial charge < -0.3 is 13.6 Å². The van der Waals surface area contributed by atoms with Gasteiger partial charge in [-0.15, -0.1) is 11.3 Å². The number of ether oxygens (including phenoxy) is 1. The molecule has 1 amide bonds. The Bertz CT molecular complexity index is 1440. The molecule has 0 aliphatic heterocycles. The highest BCUT2D eigenvalue weighted by molar-refractivity contribution is 7.14. The molecular formula is C20H15N5O4S. The number of carbonyl (C=O) groups excluding carboxylic acids is 1. The molecule has 0 saturated carbocycles. The van der Waals surface area contributed by atoms with E-state index in [1.807, 2.05) is 41.2 Å². The summed E-state index contributed by atoms with van der Waals surface area (Å²) in [6, 6.07) is 8.90. The lowest BCUT2D eigenvalue weighted by Gasteiger charge is -2.06. The number of anilines is 1. The van der Waals surface area contributed by atoms with Gasteiger partial charge in [-0.05, 0) is 31.2 Å². The monoisotopic (exact) mass is 421 g/mol. The first-order valence-electron chi connectivity index (χ1n) is 9.01. The van der Waals surface area contributed by atoms with Crippen LogP contribution in [-0.4, -0.2) is 31.9 Å². The minimum Gasteiger partial charge on any atom is -0.480 e. The largest absolute Gasteiger partial charge is 0.480 e. The fourth-order valence-corrected chi connectivity index (χ4v) is 3.83. The van der Waals surface area contributed by atoms with Crippen LogP contribution in [0.25, 0.3) is 28.0 Å². The fourth-order valence-electron chi connectivity index (χ4n) is 3.09. The van der Waals surface area contributed by atoms with Crippen LogP contribution in [0.3, 0.4) is 0 Å². The third kappa shape index (κ3) is 3.44. The maximum atomic E-state index is 12.3. The number of fused-ring (bicyclic) bond motifs is 2. The lowest BCUT2D eigenvalue weighted by molar-refractivity contribution is -0.118. The highest BCUT2D eigenvalue weighted by Crippen LogP contribution is 2.27. The second-order valence-electron chi connectivity index (χ2n) is 6.59. The van der Waals surface area contributed by atoms with Gasteiger partial charge in [0.05, 0.1) is 16.9 Å². The van der Waals surface area contributed by atoms with Crippen molar-refractivity contribution in [3.63, 3.8) is 0 Å². The van der Waals surface area contributed by atoms with Gasteiger partial charge in [-0.2, -0.15) is 0 Å². The van der Waals surface area contributed by atoms with Gasteiger partial charge in [-0.1, -0.05) is 6.07 Å². The van der Waals surface area contributed by atoms with E-state index in [4.69, 9.17) is 9.15 Å².